The van der Waals surface area contributed by atoms with Crippen molar-refractivity contribution in [3.63, 3.8) is 0 Å². The zero-order valence-corrected chi connectivity index (χ0v) is 13.3. The van der Waals surface area contributed by atoms with E-state index in [0.717, 1.165) is 11.3 Å². The summed E-state index contributed by atoms with van der Waals surface area (Å²) in [5.41, 5.74) is -3.54. The molecule has 0 aliphatic carbocycles. The van der Waals surface area contributed by atoms with Gasteiger partial charge in [0.2, 0.25) is 5.72 Å². The smallest absolute Gasteiger partial charge is 0.363 e. The summed E-state index contributed by atoms with van der Waals surface area (Å²) in [6.07, 6.45) is -2.62. The number of hydrogen-bond donors (Lipinski definition) is 3. The Morgan fingerprint density at radius 3 is 2.64 bits per heavy atom. The van der Waals surface area contributed by atoms with Crippen molar-refractivity contribution in [2.24, 2.45) is 5.92 Å². The number of nitrogens with zero attached hydrogens (tertiary/aromatic N) is 1. The normalized spacial score (nSPS) is 26.6. The standard InChI is InChI=1S/C15H12F3N3O3S/c16-15(17,18)14(24)10(12(22)9-4-2-6-25-9)11(20-13(23)21-14)8-3-1-5-19-7-8/h1-7,10-11,24H,(H2,20,21,23)/t10-,11-,14-/m1/s1. The number of urea groups is 1. The summed E-state index contributed by atoms with van der Waals surface area (Å²) in [6, 6.07) is 3.13. The number of halogens is 3. The lowest BCUT2D eigenvalue weighted by Crippen LogP contribution is -2.72. The van der Waals surface area contributed by atoms with E-state index in [4.69, 9.17) is 0 Å². The van der Waals surface area contributed by atoms with Gasteiger partial charge in [0.15, 0.2) is 5.78 Å². The number of thiophene rings is 1. The Hall–Kier alpha value is -2.46. The molecule has 0 bridgehead atoms. The van der Waals surface area contributed by atoms with Crippen molar-refractivity contribution in [3.05, 3.63) is 52.5 Å². The third-order valence-electron chi connectivity index (χ3n) is 3.90. The predicted octanol–water partition coefficient (Wildman–Crippen LogP) is 2.25. The van der Waals surface area contributed by atoms with Crippen LogP contribution in [0, 0.1) is 5.92 Å². The third kappa shape index (κ3) is 2.98. The van der Waals surface area contributed by atoms with Gasteiger partial charge in [0.1, 0.15) is 5.92 Å². The maximum absolute atomic E-state index is 13.6. The van der Waals surface area contributed by atoms with Gasteiger partial charge in [-0.15, -0.1) is 11.3 Å². The van der Waals surface area contributed by atoms with Crippen molar-refractivity contribution in [2.75, 3.05) is 0 Å². The van der Waals surface area contributed by atoms with Crippen LogP contribution in [0.15, 0.2) is 42.0 Å². The zero-order valence-electron chi connectivity index (χ0n) is 12.4. The van der Waals surface area contributed by atoms with Crippen molar-refractivity contribution < 1.29 is 27.9 Å². The highest BCUT2D eigenvalue weighted by Crippen LogP contribution is 2.44. The molecule has 0 aromatic carbocycles. The van der Waals surface area contributed by atoms with Crippen LogP contribution in [0.1, 0.15) is 21.3 Å². The van der Waals surface area contributed by atoms with Crippen molar-refractivity contribution in [1.29, 1.82) is 0 Å². The van der Waals surface area contributed by atoms with Crippen LogP contribution < -0.4 is 10.6 Å². The number of amides is 2. The number of carbonyl (C=O) groups excluding carboxylic acids is 2. The second-order valence-electron chi connectivity index (χ2n) is 5.45. The molecule has 2 amide bonds. The topological polar surface area (TPSA) is 91.3 Å². The Morgan fingerprint density at radius 2 is 2.08 bits per heavy atom. The van der Waals surface area contributed by atoms with Crippen LogP contribution in [0.5, 0.6) is 0 Å². The SMILES string of the molecule is O=C1N[C@H](c2cccnc2)[C@H](C(=O)c2cccs2)[C@@](O)(C(F)(F)F)N1. The number of aliphatic hydroxyl groups is 1. The lowest BCUT2D eigenvalue weighted by molar-refractivity contribution is -0.287. The minimum absolute atomic E-state index is 0.0412. The van der Waals surface area contributed by atoms with Crippen molar-refractivity contribution in [2.45, 2.75) is 17.9 Å². The van der Waals surface area contributed by atoms with Crippen LogP contribution >= 0.6 is 11.3 Å². The molecule has 1 aliphatic rings. The van der Waals surface area contributed by atoms with Gasteiger partial charge >= 0.3 is 12.2 Å². The summed E-state index contributed by atoms with van der Waals surface area (Å²) >= 11 is 0.950. The van der Waals surface area contributed by atoms with Gasteiger partial charge in [0, 0.05) is 12.4 Å². The lowest BCUT2D eigenvalue weighted by atomic mass is 9.79. The molecular formula is C15H12F3N3O3S. The van der Waals surface area contributed by atoms with E-state index in [-0.39, 0.29) is 10.4 Å². The molecule has 6 nitrogen and oxygen atoms in total. The first-order valence-electron chi connectivity index (χ1n) is 7.09. The van der Waals surface area contributed by atoms with Crippen molar-refractivity contribution in [3.8, 4) is 0 Å². The molecule has 3 atom stereocenters. The molecule has 0 saturated carbocycles. The van der Waals surface area contributed by atoms with Crippen LogP contribution in [0.25, 0.3) is 0 Å². The van der Waals surface area contributed by atoms with Gasteiger partial charge in [-0.1, -0.05) is 12.1 Å². The molecule has 0 radical (unpaired) electrons. The van der Waals surface area contributed by atoms with E-state index in [1.165, 1.54) is 47.4 Å². The molecule has 1 fully saturated rings. The van der Waals surface area contributed by atoms with Crippen LogP contribution in [-0.4, -0.2) is 33.8 Å². The molecular weight excluding hydrogens is 359 g/mol. The monoisotopic (exact) mass is 371 g/mol. The molecule has 10 heteroatoms. The summed E-state index contributed by atoms with van der Waals surface area (Å²) < 4.78 is 40.7. The van der Waals surface area contributed by atoms with Crippen LogP contribution in [0.2, 0.25) is 0 Å². The maximum Gasteiger partial charge on any atom is 0.437 e. The van der Waals surface area contributed by atoms with E-state index >= 15 is 0 Å². The lowest BCUT2D eigenvalue weighted by Gasteiger charge is -2.44. The first kappa shape index (κ1) is 17.4. The molecule has 3 heterocycles. The zero-order chi connectivity index (χ0) is 18.2. The average molecular weight is 371 g/mol. The van der Waals surface area contributed by atoms with Gasteiger partial charge in [0.25, 0.3) is 0 Å². The summed E-state index contributed by atoms with van der Waals surface area (Å²) in [6.45, 7) is 0. The van der Waals surface area contributed by atoms with Gasteiger partial charge in [-0.3, -0.25) is 9.78 Å². The first-order valence-corrected chi connectivity index (χ1v) is 7.97. The quantitative estimate of drug-likeness (QED) is 0.722. The number of rotatable bonds is 3. The van der Waals surface area contributed by atoms with E-state index in [0.29, 0.717) is 0 Å². The highest BCUT2D eigenvalue weighted by molar-refractivity contribution is 7.12. The third-order valence-corrected chi connectivity index (χ3v) is 4.78. The average Bonchev–Trinajstić information content (AvgIpc) is 3.08. The fourth-order valence-electron chi connectivity index (χ4n) is 2.75. The molecule has 3 N–H and O–H groups in total. The Labute approximate surface area is 143 Å². The Balaban J connectivity index is 2.15. The number of hydrogen-bond acceptors (Lipinski definition) is 5. The number of aromatic nitrogens is 1. The molecule has 1 aliphatic heterocycles. The van der Waals surface area contributed by atoms with Gasteiger partial charge in [-0.2, -0.15) is 13.2 Å². The Bertz CT molecular complexity index is 782. The van der Waals surface area contributed by atoms with E-state index < -0.39 is 35.7 Å². The van der Waals surface area contributed by atoms with Gasteiger partial charge in [0.05, 0.1) is 10.9 Å². The van der Waals surface area contributed by atoms with E-state index in [9.17, 15) is 27.9 Å². The summed E-state index contributed by atoms with van der Waals surface area (Å²) in [7, 11) is 0. The fraction of sp³-hybridized carbons (Fsp3) is 0.267. The minimum atomic E-state index is -5.26. The Morgan fingerprint density at radius 1 is 1.32 bits per heavy atom. The first-order chi connectivity index (χ1) is 11.7. The molecule has 1 saturated heterocycles. The number of pyridine rings is 1. The molecule has 25 heavy (non-hydrogen) atoms. The summed E-state index contributed by atoms with van der Waals surface area (Å²) in [5.74, 6) is -2.95. The van der Waals surface area contributed by atoms with Crippen molar-refractivity contribution >= 4 is 23.2 Å². The molecule has 0 unspecified atom stereocenters. The van der Waals surface area contributed by atoms with E-state index in [2.05, 4.69) is 10.3 Å². The van der Waals surface area contributed by atoms with Gasteiger partial charge in [-0.05, 0) is 23.1 Å². The van der Waals surface area contributed by atoms with Crippen LogP contribution in [0.3, 0.4) is 0 Å². The largest absolute Gasteiger partial charge is 0.437 e. The Kier molecular flexibility index (Phi) is 4.25. The van der Waals surface area contributed by atoms with Crippen LogP contribution in [0.4, 0.5) is 18.0 Å². The summed E-state index contributed by atoms with van der Waals surface area (Å²) in [5, 5.41) is 15.6. The number of alkyl halides is 3. The van der Waals surface area contributed by atoms with Gasteiger partial charge in [-0.25, -0.2) is 4.79 Å². The maximum atomic E-state index is 13.6. The van der Waals surface area contributed by atoms with Crippen LogP contribution in [-0.2, 0) is 0 Å². The summed E-state index contributed by atoms with van der Waals surface area (Å²) in [4.78, 5) is 28.4. The molecule has 132 valence electrons. The van der Waals surface area contributed by atoms with E-state index in [1.54, 1.807) is 0 Å². The number of nitrogens with one attached hydrogen (secondary N) is 2. The van der Waals surface area contributed by atoms with E-state index in [1.807, 2.05) is 0 Å². The fourth-order valence-corrected chi connectivity index (χ4v) is 3.45. The second-order valence-corrected chi connectivity index (χ2v) is 6.39. The number of Topliss-reactive ketones (excluding diaryl/α,β-unsaturated/α-hetero) is 1. The second kappa shape index (κ2) is 6.12. The molecule has 0 spiro atoms. The molecule has 2 aromatic heterocycles. The molecule has 2 aromatic rings. The van der Waals surface area contributed by atoms with Gasteiger partial charge < -0.3 is 15.7 Å². The highest BCUT2D eigenvalue weighted by Gasteiger charge is 2.66. The highest BCUT2D eigenvalue weighted by atomic mass is 32.1. The predicted molar refractivity (Wildman–Crippen MR) is 81.8 cm³/mol. The molecule has 3 rings (SSSR count). The number of ketones is 1. The number of carbonyl (C=O) groups is 2. The minimum Gasteiger partial charge on any atom is -0.363 e. The van der Waals surface area contributed by atoms with Crippen molar-refractivity contribution in [1.82, 2.24) is 15.6 Å².